The summed E-state index contributed by atoms with van der Waals surface area (Å²) in [4.78, 5) is 34.5. The maximum absolute atomic E-state index is 12.9. The zero-order chi connectivity index (χ0) is 25.3. The Labute approximate surface area is 194 Å². The second-order valence-electron chi connectivity index (χ2n) is 7.94. The van der Waals surface area contributed by atoms with Crippen LogP contribution in [0.15, 0.2) is 41.3 Å². The highest BCUT2D eigenvalue weighted by molar-refractivity contribution is 5.95. The number of alkyl halides is 3. The third-order valence-electron chi connectivity index (χ3n) is 5.04. The number of hydrogen-bond acceptors (Lipinski definition) is 5. The number of carbonyl (C=O) groups excluding carboxylic acids is 1. The van der Waals surface area contributed by atoms with Crippen molar-refractivity contribution >= 4 is 11.9 Å². The quantitative estimate of drug-likeness (QED) is 0.583. The Morgan fingerprint density at radius 1 is 1.29 bits per heavy atom. The molecule has 1 atom stereocenters. The number of nitrogens with one attached hydrogen (secondary N) is 2. The molecule has 1 aliphatic rings. The van der Waals surface area contributed by atoms with Crippen molar-refractivity contribution in [1.29, 1.82) is 0 Å². The van der Waals surface area contributed by atoms with Gasteiger partial charge in [-0.25, -0.2) is 0 Å². The van der Waals surface area contributed by atoms with Crippen molar-refractivity contribution in [2.75, 3.05) is 13.1 Å². The number of amides is 1. The molecule has 1 aromatic carbocycles. The molecule has 0 aliphatic carbocycles. The van der Waals surface area contributed by atoms with E-state index < -0.39 is 18.2 Å². The molecule has 0 spiro atoms. The summed E-state index contributed by atoms with van der Waals surface area (Å²) < 4.78 is 42.6. The van der Waals surface area contributed by atoms with Crippen LogP contribution in [-0.2, 0) is 17.9 Å². The minimum absolute atomic E-state index is 0.0335. The molecule has 34 heavy (non-hydrogen) atoms. The average molecular weight is 483 g/mol. The molecule has 0 bridgehead atoms. The maximum Gasteiger partial charge on any atom is 0.573 e. The van der Waals surface area contributed by atoms with Crippen LogP contribution >= 0.6 is 0 Å². The minimum Gasteiger partial charge on any atom is -0.481 e. The highest BCUT2D eigenvalue weighted by Gasteiger charge is 2.31. The Bertz CT molecular complexity index is 1040. The van der Waals surface area contributed by atoms with E-state index in [4.69, 9.17) is 9.90 Å². The lowest BCUT2D eigenvalue weighted by Crippen LogP contribution is -2.37. The van der Waals surface area contributed by atoms with Gasteiger partial charge >= 0.3 is 6.36 Å². The molecule has 1 aliphatic heterocycles. The lowest BCUT2D eigenvalue weighted by atomic mass is 9.99. The highest BCUT2D eigenvalue weighted by Crippen LogP contribution is 2.23. The van der Waals surface area contributed by atoms with Crippen LogP contribution in [0.25, 0.3) is 0 Å². The summed E-state index contributed by atoms with van der Waals surface area (Å²) in [6.45, 7) is 5.07. The Morgan fingerprint density at radius 2 is 2.00 bits per heavy atom. The Morgan fingerprint density at radius 3 is 2.62 bits per heavy atom. The molecule has 186 valence electrons. The van der Waals surface area contributed by atoms with Gasteiger partial charge in [0, 0.05) is 26.2 Å². The molecular weight excluding hydrogens is 455 g/mol. The molecule has 1 saturated heterocycles. The second-order valence-corrected chi connectivity index (χ2v) is 7.94. The van der Waals surface area contributed by atoms with E-state index in [0.717, 1.165) is 32.9 Å². The molecule has 3 N–H and O–H groups in total. The Hall–Kier alpha value is -3.34. The van der Waals surface area contributed by atoms with Crippen LogP contribution in [0.5, 0.6) is 5.75 Å². The van der Waals surface area contributed by atoms with E-state index in [1.54, 1.807) is 29.8 Å². The first-order valence-electron chi connectivity index (χ1n) is 10.7. The number of carboxylic acids is 1. The van der Waals surface area contributed by atoms with Crippen molar-refractivity contribution in [3.8, 4) is 5.75 Å². The van der Waals surface area contributed by atoms with Crippen LogP contribution in [0.3, 0.4) is 0 Å². The first-order chi connectivity index (χ1) is 16.0. The number of pyridine rings is 1. The molecule has 3 rings (SSSR count). The fourth-order valence-electron chi connectivity index (χ4n) is 3.57. The van der Waals surface area contributed by atoms with Crippen molar-refractivity contribution in [1.82, 2.24) is 15.2 Å². The van der Waals surface area contributed by atoms with E-state index in [1.807, 2.05) is 0 Å². The summed E-state index contributed by atoms with van der Waals surface area (Å²) in [6.07, 6.45) is -1.02. The third kappa shape index (κ3) is 8.89. The average Bonchev–Trinajstić information content (AvgIpc) is 2.74. The number of aryl methyl sites for hydroxylation is 1. The Balaban J connectivity index is 0.000000945. The number of ether oxygens (including phenoxy) is 1. The number of carbonyl (C=O) groups is 2. The van der Waals surface area contributed by atoms with Crippen molar-refractivity contribution in [3.63, 3.8) is 0 Å². The minimum atomic E-state index is -4.79. The van der Waals surface area contributed by atoms with Crippen molar-refractivity contribution in [2.45, 2.75) is 46.1 Å². The van der Waals surface area contributed by atoms with Crippen LogP contribution in [0, 0.1) is 12.8 Å². The summed E-state index contributed by atoms with van der Waals surface area (Å²) in [5.41, 5.74) is 0.646. The normalized spacial score (nSPS) is 15.6. The molecule has 1 amide bonds. The van der Waals surface area contributed by atoms with Crippen molar-refractivity contribution in [3.05, 3.63) is 63.6 Å². The molecule has 2 aromatic rings. The number of nitrogens with zero attached hydrogens (tertiary/aromatic N) is 1. The number of benzene rings is 1. The monoisotopic (exact) mass is 483 g/mol. The van der Waals surface area contributed by atoms with Gasteiger partial charge in [-0.05, 0) is 68.1 Å². The zero-order valence-corrected chi connectivity index (χ0v) is 18.9. The first-order valence-corrected chi connectivity index (χ1v) is 10.7. The summed E-state index contributed by atoms with van der Waals surface area (Å²) in [6, 6.07) is 7.07. The summed E-state index contributed by atoms with van der Waals surface area (Å²) in [7, 11) is 0. The van der Waals surface area contributed by atoms with Gasteiger partial charge in [-0.15, -0.1) is 13.2 Å². The number of hydrogen-bond donors (Lipinski definition) is 3. The van der Waals surface area contributed by atoms with E-state index in [0.29, 0.717) is 23.6 Å². The maximum atomic E-state index is 12.9. The molecule has 0 radical (unpaired) electrons. The highest BCUT2D eigenvalue weighted by atomic mass is 19.4. The summed E-state index contributed by atoms with van der Waals surface area (Å²) >= 11 is 0. The van der Waals surface area contributed by atoms with Crippen LogP contribution in [0.1, 0.15) is 41.3 Å². The SMILES string of the molecule is CC(=O)O.Cc1ccn(CC2CCCNC2)c(=O)c1C(=O)NCc1cccc(OC(F)(F)F)c1. The van der Waals surface area contributed by atoms with Gasteiger partial charge in [0.05, 0.1) is 0 Å². The van der Waals surface area contributed by atoms with Gasteiger partial charge in [0.1, 0.15) is 11.3 Å². The van der Waals surface area contributed by atoms with Gasteiger partial charge in [-0.3, -0.25) is 14.4 Å². The van der Waals surface area contributed by atoms with Crippen LogP contribution in [0.2, 0.25) is 0 Å². The van der Waals surface area contributed by atoms with Gasteiger partial charge in [0.15, 0.2) is 0 Å². The Kier molecular flexibility index (Phi) is 9.67. The van der Waals surface area contributed by atoms with E-state index >= 15 is 0 Å². The molecule has 11 heteroatoms. The smallest absolute Gasteiger partial charge is 0.481 e. The van der Waals surface area contributed by atoms with E-state index in [1.165, 1.54) is 18.2 Å². The second kappa shape index (κ2) is 12.2. The zero-order valence-electron chi connectivity index (χ0n) is 18.9. The summed E-state index contributed by atoms with van der Waals surface area (Å²) in [5, 5.41) is 13.3. The standard InChI is InChI=1S/C21H24F3N3O3.C2H4O2/c1-14-7-9-27(13-16-5-3-8-25-11-16)20(29)18(14)19(28)26-12-15-4-2-6-17(10-15)30-21(22,23)24;1-2(3)4/h2,4,6-7,9-10,16,25H,3,5,8,11-13H2,1H3,(H,26,28);1H3,(H,3,4). The van der Waals surface area contributed by atoms with Gasteiger partial charge in [-0.1, -0.05) is 12.1 Å². The number of rotatable bonds is 6. The van der Waals surface area contributed by atoms with Crippen LogP contribution in [0.4, 0.5) is 13.2 Å². The van der Waals surface area contributed by atoms with Crippen molar-refractivity contribution < 1.29 is 32.6 Å². The lowest BCUT2D eigenvalue weighted by Gasteiger charge is -2.23. The number of aliphatic carboxylic acids is 1. The summed E-state index contributed by atoms with van der Waals surface area (Å²) in [5.74, 6) is -1.43. The largest absolute Gasteiger partial charge is 0.573 e. The van der Waals surface area contributed by atoms with Gasteiger partial charge in [0.2, 0.25) is 0 Å². The molecule has 2 heterocycles. The predicted octanol–water partition coefficient (Wildman–Crippen LogP) is 3.08. The topological polar surface area (TPSA) is 110 Å². The van der Waals surface area contributed by atoms with Crippen LogP contribution < -0.4 is 20.9 Å². The van der Waals surface area contributed by atoms with Gasteiger partial charge in [0.25, 0.3) is 17.4 Å². The van der Waals surface area contributed by atoms with Crippen LogP contribution in [-0.4, -0.2) is 41.0 Å². The number of carboxylic acid groups (broad SMARTS) is 1. The van der Waals surface area contributed by atoms with E-state index in [-0.39, 0.29) is 23.4 Å². The molecule has 1 aromatic heterocycles. The molecule has 0 saturated carbocycles. The number of aromatic nitrogens is 1. The van der Waals surface area contributed by atoms with Gasteiger partial charge < -0.3 is 25.0 Å². The lowest BCUT2D eigenvalue weighted by molar-refractivity contribution is -0.274. The molecule has 8 nitrogen and oxygen atoms in total. The fraction of sp³-hybridized carbons (Fsp3) is 0.435. The molecule has 1 unspecified atom stereocenters. The fourth-order valence-corrected chi connectivity index (χ4v) is 3.57. The number of piperidine rings is 1. The molecular formula is C23H28F3N3O5. The van der Waals surface area contributed by atoms with Crippen molar-refractivity contribution in [2.24, 2.45) is 5.92 Å². The number of halogens is 3. The molecule has 1 fully saturated rings. The predicted molar refractivity (Wildman–Crippen MR) is 119 cm³/mol. The third-order valence-corrected chi connectivity index (χ3v) is 5.04. The van der Waals surface area contributed by atoms with E-state index in [9.17, 15) is 22.8 Å². The van der Waals surface area contributed by atoms with Gasteiger partial charge in [-0.2, -0.15) is 0 Å². The first kappa shape index (κ1) is 26.9. The van der Waals surface area contributed by atoms with E-state index in [2.05, 4.69) is 15.4 Å².